The van der Waals surface area contributed by atoms with E-state index in [4.69, 9.17) is 5.11 Å². The van der Waals surface area contributed by atoms with Crippen LogP contribution in [0.3, 0.4) is 0 Å². The van der Waals surface area contributed by atoms with Crippen molar-refractivity contribution >= 4 is 17.7 Å². The van der Waals surface area contributed by atoms with E-state index in [9.17, 15) is 14.4 Å². The lowest BCUT2D eigenvalue weighted by atomic mass is 9.97. The number of likely N-dealkylation sites (N-methyl/N-ethyl adjacent to an activating group) is 1. The van der Waals surface area contributed by atoms with Gasteiger partial charge in [0.2, 0.25) is 17.7 Å². The molecule has 2 rings (SSSR count). The summed E-state index contributed by atoms with van der Waals surface area (Å²) in [6, 6.07) is -0.243. The summed E-state index contributed by atoms with van der Waals surface area (Å²) in [4.78, 5) is 46.1. The fourth-order valence-electron chi connectivity index (χ4n) is 6.12. The van der Waals surface area contributed by atoms with Crippen LogP contribution in [0.2, 0.25) is 0 Å². The van der Waals surface area contributed by atoms with Crippen molar-refractivity contribution in [1.29, 1.82) is 0 Å². The average molecular weight is 607 g/mol. The Hall–Kier alpha value is -1.93. The number of hydrogen-bond donors (Lipinski definition) is 2. The molecule has 0 radical (unpaired) electrons. The second-order valence-electron chi connectivity index (χ2n) is 13.3. The summed E-state index contributed by atoms with van der Waals surface area (Å²) in [7, 11) is 1.75. The van der Waals surface area contributed by atoms with Crippen molar-refractivity contribution < 1.29 is 19.5 Å². The fraction of sp³-hybridized carbons (Fsp3) is 0.857. The molecule has 8 nitrogen and oxygen atoms in total. The third-order valence-corrected chi connectivity index (χ3v) is 8.71. The standard InChI is InChI=1S/C32H58N4O4.C3H8/c1-24(2)29(33-30(38)28-18-12-14-20-35(28)25(3)4)32(40)34(6)22-19-26(5)31(39)36-21-13-9-11-17-27(36)16-10-7-8-15-23-37;1-3-2/h19,24-25,27-29,37H,7-18,20-23H2,1-6H3,(H,33,38);3H2,1-2H3/b26-19+;. The van der Waals surface area contributed by atoms with E-state index in [0.717, 1.165) is 90.1 Å². The number of nitrogens with zero attached hydrogens (tertiary/aromatic N) is 3. The minimum atomic E-state index is -0.598. The van der Waals surface area contributed by atoms with E-state index < -0.39 is 6.04 Å². The molecule has 2 aliphatic rings. The lowest BCUT2D eigenvalue weighted by molar-refractivity contribution is -0.138. The van der Waals surface area contributed by atoms with Gasteiger partial charge in [-0.1, -0.05) is 78.7 Å². The number of carbonyl (C=O) groups excluding carboxylic acids is 3. The maximum atomic E-state index is 13.5. The van der Waals surface area contributed by atoms with Gasteiger partial charge in [0.15, 0.2) is 0 Å². The molecule has 0 bridgehead atoms. The summed E-state index contributed by atoms with van der Waals surface area (Å²) in [5.74, 6) is -0.151. The van der Waals surface area contributed by atoms with Crippen LogP contribution < -0.4 is 5.32 Å². The Morgan fingerprint density at radius 2 is 1.56 bits per heavy atom. The van der Waals surface area contributed by atoms with Crippen LogP contribution in [0.1, 0.15) is 132 Å². The van der Waals surface area contributed by atoms with E-state index in [0.29, 0.717) is 12.1 Å². The molecule has 2 N–H and O–H groups in total. The topological polar surface area (TPSA) is 93.2 Å². The Kier molecular flexibility index (Phi) is 19.7. The molecule has 0 aliphatic carbocycles. The number of hydrogen-bond acceptors (Lipinski definition) is 5. The quantitative estimate of drug-likeness (QED) is 0.189. The van der Waals surface area contributed by atoms with Gasteiger partial charge in [-0.05, 0) is 71.8 Å². The Labute approximate surface area is 264 Å². The van der Waals surface area contributed by atoms with Crippen molar-refractivity contribution in [2.45, 2.75) is 156 Å². The van der Waals surface area contributed by atoms with Crippen molar-refractivity contribution in [3.63, 3.8) is 0 Å². The monoisotopic (exact) mass is 607 g/mol. The van der Waals surface area contributed by atoms with Crippen LogP contribution in [-0.4, -0.2) is 95.0 Å². The van der Waals surface area contributed by atoms with Crippen molar-refractivity contribution in [3.8, 4) is 0 Å². The predicted octanol–water partition coefficient (Wildman–Crippen LogP) is 5.93. The van der Waals surface area contributed by atoms with E-state index in [2.05, 4.69) is 42.8 Å². The highest BCUT2D eigenvalue weighted by molar-refractivity contribution is 5.93. The molecule has 0 aromatic heterocycles. The van der Waals surface area contributed by atoms with E-state index in [1.165, 1.54) is 6.42 Å². The zero-order chi connectivity index (χ0) is 32.4. The zero-order valence-corrected chi connectivity index (χ0v) is 29.0. The minimum absolute atomic E-state index is 0.0445. The molecule has 2 fully saturated rings. The van der Waals surface area contributed by atoms with Crippen LogP contribution in [0.5, 0.6) is 0 Å². The first-order valence-corrected chi connectivity index (χ1v) is 17.4. The van der Waals surface area contributed by atoms with Gasteiger partial charge < -0.3 is 20.2 Å². The van der Waals surface area contributed by atoms with Gasteiger partial charge in [-0.3, -0.25) is 19.3 Å². The van der Waals surface area contributed by atoms with E-state index >= 15 is 0 Å². The van der Waals surface area contributed by atoms with Gasteiger partial charge >= 0.3 is 0 Å². The molecule has 0 aromatic carbocycles. The summed E-state index contributed by atoms with van der Waals surface area (Å²) in [6.45, 7) is 16.5. The average Bonchev–Trinajstić information content (AvgIpc) is 3.23. The van der Waals surface area contributed by atoms with Crippen molar-refractivity contribution in [2.24, 2.45) is 5.92 Å². The number of aliphatic hydroxyl groups excluding tert-OH is 1. The first-order valence-electron chi connectivity index (χ1n) is 17.4. The highest BCUT2D eigenvalue weighted by Gasteiger charge is 2.34. The Bertz CT molecular complexity index is 844. The number of rotatable bonds is 14. The minimum Gasteiger partial charge on any atom is -0.396 e. The highest BCUT2D eigenvalue weighted by Crippen LogP contribution is 2.24. The number of aliphatic hydroxyl groups is 1. The summed E-state index contributed by atoms with van der Waals surface area (Å²) >= 11 is 0. The van der Waals surface area contributed by atoms with Crippen LogP contribution in [0, 0.1) is 5.92 Å². The predicted molar refractivity (Wildman–Crippen MR) is 178 cm³/mol. The maximum absolute atomic E-state index is 13.5. The summed E-state index contributed by atoms with van der Waals surface area (Å²) in [5, 5.41) is 12.1. The van der Waals surface area contributed by atoms with Crippen LogP contribution in [-0.2, 0) is 14.4 Å². The molecule has 0 spiro atoms. The van der Waals surface area contributed by atoms with Crippen LogP contribution in [0.15, 0.2) is 11.6 Å². The molecule has 2 saturated heterocycles. The third kappa shape index (κ3) is 13.7. The van der Waals surface area contributed by atoms with Crippen LogP contribution in [0.4, 0.5) is 0 Å². The molecule has 3 amide bonds. The number of unbranched alkanes of at least 4 members (excludes halogenated alkanes) is 3. The first-order chi connectivity index (χ1) is 20.5. The molecule has 250 valence electrons. The smallest absolute Gasteiger partial charge is 0.249 e. The first kappa shape index (κ1) is 39.1. The van der Waals surface area contributed by atoms with Gasteiger partial charge in [-0.2, -0.15) is 0 Å². The third-order valence-electron chi connectivity index (χ3n) is 8.71. The molecule has 0 aromatic rings. The van der Waals surface area contributed by atoms with Gasteiger partial charge in [-0.15, -0.1) is 0 Å². The molecule has 2 aliphatic heterocycles. The molecule has 0 saturated carbocycles. The number of likely N-dealkylation sites (tertiary alicyclic amines) is 2. The van der Waals surface area contributed by atoms with Crippen molar-refractivity contribution in [3.05, 3.63) is 11.6 Å². The fourth-order valence-corrected chi connectivity index (χ4v) is 6.12. The molecule has 8 heteroatoms. The largest absolute Gasteiger partial charge is 0.396 e. The Morgan fingerprint density at radius 1 is 0.930 bits per heavy atom. The summed E-state index contributed by atoms with van der Waals surface area (Å²) < 4.78 is 0. The molecular weight excluding hydrogens is 540 g/mol. The van der Waals surface area contributed by atoms with Crippen molar-refractivity contribution in [1.82, 2.24) is 20.0 Å². The lowest BCUT2D eigenvalue weighted by Crippen LogP contribution is -2.57. The number of nitrogens with one attached hydrogen (secondary N) is 1. The molecular formula is C35H66N4O4. The highest BCUT2D eigenvalue weighted by atomic mass is 16.3. The molecule has 3 atom stereocenters. The number of amides is 3. The van der Waals surface area contributed by atoms with Crippen LogP contribution >= 0.6 is 0 Å². The zero-order valence-electron chi connectivity index (χ0n) is 29.0. The van der Waals surface area contributed by atoms with E-state index in [1.807, 2.05) is 26.8 Å². The van der Waals surface area contributed by atoms with Gasteiger partial charge in [0.1, 0.15) is 6.04 Å². The van der Waals surface area contributed by atoms with Gasteiger partial charge in [0.25, 0.3) is 0 Å². The van der Waals surface area contributed by atoms with Gasteiger partial charge in [-0.25, -0.2) is 0 Å². The Morgan fingerprint density at radius 3 is 2.19 bits per heavy atom. The van der Waals surface area contributed by atoms with Crippen molar-refractivity contribution in [2.75, 3.05) is 33.3 Å². The summed E-state index contributed by atoms with van der Waals surface area (Å²) in [6.07, 6.45) is 15.5. The lowest BCUT2D eigenvalue weighted by Gasteiger charge is -2.38. The molecule has 3 unspecified atom stereocenters. The second kappa shape index (κ2) is 21.7. The van der Waals surface area contributed by atoms with E-state index in [-0.39, 0.29) is 48.4 Å². The SMILES string of the molecule is C/C(=C\CN(C)C(=O)C(NC(=O)C1CCCCN1C(C)C)C(C)C)C(=O)N1CCCCCC1CCCCCCO.CCC. The molecule has 43 heavy (non-hydrogen) atoms. The van der Waals surface area contributed by atoms with Gasteiger partial charge in [0.05, 0.1) is 6.04 Å². The normalized spacial score (nSPS) is 20.7. The Balaban J connectivity index is 0.00000295. The molecule has 2 heterocycles. The maximum Gasteiger partial charge on any atom is 0.249 e. The second-order valence-corrected chi connectivity index (χ2v) is 13.3. The number of carbonyl (C=O) groups is 3. The van der Waals surface area contributed by atoms with E-state index in [1.54, 1.807) is 11.9 Å². The number of piperidine rings is 1. The van der Waals surface area contributed by atoms with Gasteiger partial charge in [0, 0.05) is 44.4 Å². The van der Waals surface area contributed by atoms with Crippen LogP contribution in [0.25, 0.3) is 0 Å². The summed E-state index contributed by atoms with van der Waals surface area (Å²) in [5.41, 5.74) is 0.673.